The molecule has 1 N–H and O–H groups in total. The van der Waals surface area contributed by atoms with E-state index in [-0.39, 0.29) is 18.0 Å². The molecule has 0 aliphatic carbocycles. The van der Waals surface area contributed by atoms with Crippen LogP contribution in [0.4, 0.5) is 23.8 Å². The van der Waals surface area contributed by atoms with Crippen molar-refractivity contribution in [3.8, 4) is 0 Å². The molecule has 7 nitrogen and oxygen atoms in total. The van der Waals surface area contributed by atoms with Gasteiger partial charge in [0, 0.05) is 31.9 Å². The summed E-state index contributed by atoms with van der Waals surface area (Å²) in [5, 5.41) is 3.39. The lowest BCUT2D eigenvalue weighted by atomic mass is 9.99. The maximum atomic E-state index is 13.4. The molecule has 0 saturated carbocycles. The minimum Gasteiger partial charge on any atom is -0.460 e. The summed E-state index contributed by atoms with van der Waals surface area (Å²) in [7, 11) is 0. The third-order valence-electron chi connectivity index (χ3n) is 6.94. The molecule has 1 aromatic heterocycles. The van der Waals surface area contributed by atoms with Gasteiger partial charge in [0.15, 0.2) is 0 Å². The van der Waals surface area contributed by atoms with Gasteiger partial charge in [-0.3, -0.25) is 4.79 Å². The second-order valence-electron chi connectivity index (χ2n) is 11.2. The largest absolute Gasteiger partial charge is 0.460 e. The van der Waals surface area contributed by atoms with Crippen LogP contribution >= 0.6 is 0 Å². The van der Waals surface area contributed by atoms with E-state index >= 15 is 0 Å². The van der Waals surface area contributed by atoms with E-state index < -0.39 is 29.4 Å². The third kappa shape index (κ3) is 7.64. The van der Waals surface area contributed by atoms with Crippen molar-refractivity contribution in [2.75, 3.05) is 31.5 Å². The van der Waals surface area contributed by atoms with Crippen molar-refractivity contribution in [3.05, 3.63) is 58.8 Å². The van der Waals surface area contributed by atoms with Crippen LogP contribution in [0.5, 0.6) is 0 Å². The molecule has 1 aromatic carbocycles. The lowest BCUT2D eigenvalue weighted by Crippen LogP contribution is -2.37. The summed E-state index contributed by atoms with van der Waals surface area (Å²) in [5.41, 5.74) is 0.870. The SMILES string of the molecule is CC(C)(C)OC(=O)CC(c1cccc(C(F)(F)F)c1)N1CCN(CCCc2ccc3c(n2)NCCCC3)C1=O. The zero-order valence-corrected chi connectivity index (χ0v) is 22.8. The number of nitrogens with zero attached hydrogens (tertiary/aromatic N) is 3. The lowest BCUT2D eigenvalue weighted by Gasteiger charge is -2.29. The molecule has 0 bridgehead atoms. The summed E-state index contributed by atoms with van der Waals surface area (Å²) in [6.07, 6.45) is -0.0841. The number of hydrogen-bond acceptors (Lipinski definition) is 5. The van der Waals surface area contributed by atoms with Crippen LogP contribution in [0, 0.1) is 0 Å². The van der Waals surface area contributed by atoms with Gasteiger partial charge in [-0.25, -0.2) is 9.78 Å². The monoisotopic (exact) mass is 546 g/mol. The minimum atomic E-state index is -4.53. The van der Waals surface area contributed by atoms with Crippen molar-refractivity contribution < 1.29 is 27.5 Å². The van der Waals surface area contributed by atoms with Gasteiger partial charge in [0.1, 0.15) is 11.4 Å². The smallest absolute Gasteiger partial charge is 0.416 e. The van der Waals surface area contributed by atoms with E-state index in [0.29, 0.717) is 32.5 Å². The van der Waals surface area contributed by atoms with E-state index in [9.17, 15) is 22.8 Å². The topological polar surface area (TPSA) is 74.8 Å². The number of ether oxygens (including phenoxy) is 1. The number of nitrogens with one attached hydrogen (secondary N) is 1. The second-order valence-corrected chi connectivity index (χ2v) is 11.2. The van der Waals surface area contributed by atoms with E-state index in [1.165, 1.54) is 22.6 Å². The molecule has 10 heteroatoms. The maximum Gasteiger partial charge on any atom is 0.416 e. The molecule has 1 atom stereocenters. The van der Waals surface area contributed by atoms with Crippen molar-refractivity contribution in [3.63, 3.8) is 0 Å². The number of anilines is 1. The first-order valence-corrected chi connectivity index (χ1v) is 13.6. The quantitative estimate of drug-likeness (QED) is 0.412. The molecule has 212 valence electrons. The number of carbonyl (C=O) groups is 2. The highest BCUT2D eigenvalue weighted by Crippen LogP contribution is 2.35. The first kappa shape index (κ1) is 28.7. The van der Waals surface area contributed by atoms with Crippen LogP contribution in [0.15, 0.2) is 36.4 Å². The van der Waals surface area contributed by atoms with Gasteiger partial charge in [-0.2, -0.15) is 13.2 Å². The average Bonchev–Trinajstić information content (AvgIpc) is 3.06. The van der Waals surface area contributed by atoms with Gasteiger partial charge in [0.2, 0.25) is 0 Å². The fraction of sp³-hybridized carbons (Fsp3) is 0.552. The molecule has 2 aliphatic rings. The Kier molecular flexibility index (Phi) is 8.71. The summed E-state index contributed by atoms with van der Waals surface area (Å²) in [5.74, 6) is 0.374. The summed E-state index contributed by atoms with van der Waals surface area (Å²) in [6.45, 7) is 7.32. The highest BCUT2D eigenvalue weighted by molar-refractivity contribution is 5.79. The predicted molar refractivity (Wildman–Crippen MR) is 142 cm³/mol. The van der Waals surface area contributed by atoms with Crippen LogP contribution < -0.4 is 5.32 Å². The lowest BCUT2D eigenvalue weighted by molar-refractivity contribution is -0.156. The Labute approximate surface area is 227 Å². The van der Waals surface area contributed by atoms with Crippen LogP contribution in [0.3, 0.4) is 0 Å². The number of aryl methyl sites for hydroxylation is 2. The van der Waals surface area contributed by atoms with Crippen LogP contribution in [-0.4, -0.2) is 58.6 Å². The van der Waals surface area contributed by atoms with Gasteiger partial charge in [0.25, 0.3) is 0 Å². The fourth-order valence-corrected chi connectivity index (χ4v) is 5.09. The number of amides is 2. The Balaban J connectivity index is 1.44. The molecular weight excluding hydrogens is 509 g/mol. The summed E-state index contributed by atoms with van der Waals surface area (Å²) in [4.78, 5) is 34.0. The van der Waals surface area contributed by atoms with Crippen LogP contribution in [-0.2, 0) is 28.5 Å². The molecule has 0 radical (unpaired) electrons. The van der Waals surface area contributed by atoms with E-state index in [1.807, 2.05) is 6.07 Å². The fourth-order valence-electron chi connectivity index (χ4n) is 5.09. The second kappa shape index (κ2) is 11.8. The van der Waals surface area contributed by atoms with Crippen molar-refractivity contribution in [1.82, 2.24) is 14.8 Å². The summed E-state index contributed by atoms with van der Waals surface area (Å²) in [6, 6.07) is 7.83. The highest BCUT2D eigenvalue weighted by Gasteiger charge is 2.38. The number of urea groups is 1. The van der Waals surface area contributed by atoms with Gasteiger partial charge in [-0.05, 0) is 82.2 Å². The number of esters is 1. The molecule has 1 unspecified atom stereocenters. The van der Waals surface area contributed by atoms with Gasteiger partial charge < -0.3 is 19.9 Å². The van der Waals surface area contributed by atoms with Crippen LogP contribution in [0.25, 0.3) is 0 Å². The number of fused-ring (bicyclic) bond motifs is 1. The normalized spacial score (nSPS) is 16.9. The van der Waals surface area contributed by atoms with Crippen molar-refractivity contribution >= 4 is 17.8 Å². The Morgan fingerprint density at radius 1 is 1.13 bits per heavy atom. The Morgan fingerprint density at radius 3 is 2.67 bits per heavy atom. The molecule has 39 heavy (non-hydrogen) atoms. The van der Waals surface area contributed by atoms with Gasteiger partial charge >= 0.3 is 18.2 Å². The number of benzene rings is 1. The van der Waals surface area contributed by atoms with E-state index in [2.05, 4.69) is 11.4 Å². The molecular formula is C29H37F3N4O3. The Morgan fingerprint density at radius 2 is 1.92 bits per heavy atom. The van der Waals surface area contributed by atoms with Crippen molar-refractivity contribution in [2.45, 2.75) is 77.1 Å². The molecule has 1 fully saturated rings. The van der Waals surface area contributed by atoms with Gasteiger partial charge in [-0.1, -0.05) is 18.2 Å². The zero-order valence-electron chi connectivity index (χ0n) is 22.8. The molecule has 3 heterocycles. The van der Waals surface area contributed by atoms with E-state index in [4.69, 9.17) is 9.72 Å². The average molecular weight is 547 g/mol. The van der Waals surface area contributed by atoms with Gasteiger partial charge in [-0.15, -0.1) is 0 Å². The molecule has 0 spiro atoms. The maximum absolute atomic E-state index is 13.4. The van der Waals surface area contributed by atoms with E-state index in [0.717, 1.165) is 49.5 Å². The molecule has 2 amide bonds. The molecule has 4 rings (SSSR count). The number of rotatable bonds is 8. The number of aromatic nitrogens is 1. The van der Waals surface area contributed by atoms with E-state index in [1.54, 1.807) is 25.7 Å². The van der Waals surface area contributed by atoms with Gasteiger partial charge in [0.05, 0.1) is 18.0 Å². The number of alkyl halides is 3. The molecule has 2 aromatic rings. The molecule has 2 aliphatic heterocycles. The standard InChI is InChI=1S/C29H37F3N4O3/c1-28(2,3)39-25(37)19-24(21-9-6-10-22(18-21)29(30,31)32)36-17-16-35(27(36)38)15-7-11-23-13-12-20-8-4-5-14-33-26(20)34-23/h6,9-10,12-13,18,24H,4-5,7-8,11,14-17,19H2,1-3H3,(H,33,34). The first-order chi connectivity index (χ1) is 18.4. The highest BCUT2D eigenvalue weighted by atomic mass is 19.4. The number of hydrogen-bond donors (Lipinski definition) is 1. The number of pyridine rings is 1. The van der Waals surface area contributed by atoms with Crippen molar-refractivity contribution in [1.29, 1.82) is 0 Å². The summed E-state index contributed by atoms with van der Waals surface area (Å²) < 4.78 is 45.8. The Bertz CT molecular complexity index is 1180. The Hall–Kier alpha value is -3.30. The van der Waals surface area contributed by atoms with Crippen molar-refractivity contribution in [2.24, 2.45) is 0 Å². The number of halogens is 3. The van der Waals surface area contributed by atoms with Crippen LogP contribution in [0.2, 0.25) is 0 Å². The first-order valence-electron chi connectivity index (χ1n) is 13.6. The zero-order chi connectivity index (χ0) is 28.2. The molecule has 1 saturated heterocycles. The third-order valence-corrected chi connectivity index (χ3v) is 6.94. The number of carbonyl (C=O) groups excluding carboxylic acids is 2. The van der Waals surface area contributed by atoms with Crippen LogP contribution in [0.1, 0.15) is 74.9 Å². The minimum absolute atomic E-state index is 0.232. The predicted octanol–water partition coefficient (Wildman–Crippen LogP) is 5.99. The summed E-state index contributed by atoms with van der Waals surface area (Å²) >= 11 is 0.